The maximum Gasteiger partial charge on any atom is 0.175 e. The molecular weight excluding hydrogens is 252 g/mol. The third kappa shape index (κ3) is 2.20. The van der Waals surface area contributed by atoms with E-state index in [1.165, 1.54) is 12.0 Å². The molecule has 1 aromatic heterocycles. The molecule has 1 aromatic carbocycles. The van der Waals surface area contributed by atoms with Crippen LogP contribution in [0.4, 0.5) is 5.82 Å². The summed E-state index contributed by atoms with van der Waals surface area (Å²) in [5, 5.41) is 3.95. The lowest BCUT2D eigenvalue weighted by Gasteiger charge is -2.39. The van der Waals surface area contributed by atoms with Gasteiger partial charge in [-0.25, -0.2) is 0 Å². The van der Waals surface area contributed by atoms with Crippen molar-refractivity contribution in [2.45, 2.75) is 38.2 Å². The van der Waals surface area contributed by atoms with Crippen molar-refractivity contribution in [3.05, 3.63) is 35.6 Å². The van der Waals surface area contributed by atoms with Gasteiger partial charge in [0.2, 0.25) is 0 Å². The van der Waals surface area contributed by atoms with Crippen molar-refractivity contribution in [3.63, 3.8) is 0 Å². The highest BCUT2D eigenvalue weighted by Gasteiger charge is 2.39. The van der Waals surface area contributed by atoms with Crippen LogP contribution in [0.5, 0.6) is 0 Å². The predicted molar refractivity (Wildman–Crippen MR) is 78.4 cm³/mol. The highest BCUT2D eigenvalue weighted by Crippen LogP contribution is 2.41. The van der Waals surface area contributed by atoms with E-state index in [4.69, 9.17) is 15.0 Å². The SMILES string of the molecule is COC1(Cc2onc(N)c2-c2cccc(C)c2)CCC1. The molecule has 2 aromatic rings. The van der Waals surface area contributed by atoms with E-state index < -0.39 is 0 Å². The van der Waals surface area contributed by atoms with Crippen molar-refractivity contribution < 1.29 is 9.26 Å². The number of nitrogens with two attached hydrogens (primary N) is 1. The van der Waals surface area contributed by atoms with Crippen LogP contribution in [0.3, 0.4) is 0 Å². The van der Waals surface area contributed by atoms with Gasteiger partial charge in [-0.2, -0.15) is 0 Å². The molecule has 3 rings (SSSR count). The maximum atomic E-state index is 6.00. The van der Waals surface area contributed by atoms with Gasteiger partial charge in [0.15, 0.2) is 5.82 Å². The number of nitrogens with zero attached hydrogens (tertiary/aromatic N) is 1. The molecule has 0 unspecified atom stereocenters. The standard InChI is InChI=1S/C16H20N2O2/c1-11-5-3-6-12(9-11)14-13(20-18-15(14)17)10-16(19-2)7-4-8-16/h3,5-6,9H,4,7-8,10H2,1-2H3,(H2,17,18). The fourth-order valence-corrected chi connectivity index (χ4v) is 2.89. The Morgan fingerprint density at radius 3 is 2.80 bits per heavy atom. The molecule has 106 valence electrons. The maximum absolute atomic E-state index is 6.00. The number of anilines is 1. The lowest BCUT2D eigenvalue weighted by Crippen LogP contribution is -2.41. The van der Waals surface area contributed by atoms with Gasteiger partial charge in [0, 0.05) is 13.5 Å². The molecule has 1 fully saturated rings. The topological polar surface area (TPSA) is 61.3 Å². The summed E-state index contributed by atoms with van der Waals surface area (Å²) >= 11 is 0. The van der Waals surface area contributed by atoms with Gasteiger partial charge in [-0.1, -0.05) is 35.0 Å². The van der Waals surface area contributed by atoms with Crippen LogP contribution >= 0.6 is 0 Å². The first-order valence-corrected chi connectivity index (χ1v) is 7.00. The first-order valence-electron chi connectivity index (χ1n) is 7.00. The zero-order valence-corrected chi connectivity index (χ0v) is 12.0. The van der Waals surface area contributed by atoms with E-state index in [1.54, 1.807) is 7.11 Å². The largest absolute Gasteiger partial charge is 0.380 e. The molecule has 4 heteroatoms. The van der Waals surface area contributed by atoms with Gasteiger partial charge in [0.25, 0.3) is 0 Å². The average Bonchev–Trinajstić information content (AvgIpc) is 2.75. The van der Waals surface area contributed by atoms with Crippen LogP contribution < -0.4 is 5.73 Å². The Kier molecular flexibility index (Phi) is 3.26. The highest BCUT2D eigenvalue weighted by atomic mass is 16.5. The molecule has 0 saturated heterocycles. The minimum absolute atomic E-state index is 0.0927. The first kappa shape index (κ1) is 13.2. The number of hydrogen-bond donors (Lipinski definition) is 1. The van der Waals surface area contributed by atoms with E-state index in [0.717, 1.165) is 36.1 Å². The normalized spacial score (nSPS) is 16.9. The summed E-state index contributed by atoms with van der Waals surface area (Å²) in [5.74, 6) is 1.28. The summed E-state index contributed by atoms with van der Waals surface area (Å²) < 4.78 is 11.1. The summed E-state index contributed by atoms with van der Waals surface area (Å²) in [5.41, 5.74) is 9.07. The molecular formula is C16H20N2O2. The van der Waals surface area contributed by atoms with E-state index in [0.29, 0.717) is 5.82 Å². The second-order valence-electron chi connectivity index (χ2n) is 5.65. The number of benzene rings is 1. The predicted octanol–water partition coefficient (Wildman–Crippen LogP) is 3.34. The Hall–Kier alpha value is -1.81. The zero-order valence-electron chi connectivity index (χ0n) is 12.0. The molecule has 2 N–H and O–H groups in total. The summed E-state index contributed by atoms with van der Waals surface area (Å²) in [6.07, 6.45) is 4.07. The van der Waals surface area contributed by atoms with E-state index in [9.17, 15) is 0 Å². The summed E-state index contributed by atoms with van der Waals surface area (Å²) in [6.45, 7) is 2.06. The molecule has 0 aliphatic heterocycles. The quantitative estimate of drug-likeness (QED) is 0.927. The lowest BCUT2D eigenvalue weighted by atomic mass is 9.76. The minimum atomic E-state index is -0.0927. The van der Waals surface area contributed by atoms with Crippen molar-refractivity contribution in [2.24, 2.45) is 0 Å². The zero-order chi connectivity index (χ0) is 14.2. The van der Waals surface area contributed by atoms with Gasteiger partial charge < -0.3 is 15.0 Å². The van der Waals surface area contributed by atoms with Gasteiger partial charge in [0.05, 0.1) is 11.2 Å². The Labute approximate surface area is 118 Å². The van der Waals surface area contributed by atoms with Crippen molar-refractivity contribution in [1.29, 1.82) is 0 Å². The monoisotopic (exact) mass is 272 g/mol. The third-order valence-corrected chi connectivity index (χ3v) is 4.28. The summed E-state index contributed by atoms with van der Waals surface area (Å²) in [6, 6.07) is 8.23. The number of methoxy groups -OCH3 is 1. The van der Waals surface area contributed by atoms with Gasteiger partial charge in [-0.15, -0.1) is 0 Å². The molecule has 0 atom stereocenters. The summed E-state index contributed by atoms with van der Waals surface area (Å²) in [4.78, 5) is 0. The van der Waals surface area contributed by atoms with Crippen LogP contribution in [0.1, 0.15) is 30.6 Å². The van der Waals surface area contributed by atoms with E-state index >= 15 is 0 Å². The van der Waals surface area contributed by atoms with Crippen LogP contribution in [0.15, 0.2) is 28.8 Å². The number of ether oxygens (including phenoxy) is 1. The Morgan fingerprint density at radius 2 is 2.20 bits per heavy atom. The summed E-state index contributed by atoms with van der Waals surface area (Å²) in [7, 11) is 1.77. The molecule has 0 bridgehead atoms. The molecule has 0 spiro atoms. The second-order valence-corrected chi connectivity index (χ2v) is 5.65. The van der Waals surface area contributed by atoms with E-state index in [1.807, 2.05) is 12.1 Å². The van der Waals surface area contributed by atoms with Crippen LogP contribution in [0.2, 0.25) is 0 Å². The van der Waals surface area contributed by atoms with Crippen molar-refractivity contribution in [2.75, 3.05) is 12.8 Å². The van der Waals surface area contributed by atoms with E-state index in [2.05, 4.69) is 24.2 Å². The molecule has 1 heterocycles. The number of aromatic nitrogens is 1. The molecule has 20 heavy (non-hydrogen) atoms. The molecule has 1 aliphatic rings. The van der Waals surface area contributed by atoms with Gasteiger partial charge >= 0.3 is 0 Å². The Morgan fingerprint density at radius 1 is 1.40 bits per heavy atom. The van der Waals surface area contributed by atoms with Crippen LogP contribution in [0, 0.1) is 6.92 Å². The van der Waals surface area contributed by atoms with Crippen LogP contribution in [-0.2, 0) is 11.2 Å². The lowest BCUT2D eigenvalue weighted by molar-refractivity contribution is -0.0742. The van der Waals surface area contributed by atoms with Crippen molar-refractivity contribution >= 4 is 5.82 Å². The van der Waals surface area contributed by atoms with E-state index in [-0.39, 0.29) is 5.60 Å². The fraction of sp³-hybridized carbons (Fsp3) is 0.438. The average molecular weight is 272 g/mol. The number of rotatable bonds is 4. The fourth-order valence-electron chi connectivity index (χ4n) is 2.89. The smallest absolute Gasteiger partial charge is 0.175 e. The highest BCUT2D eigenvalue weighted by molar-refractivity contribution is 5.76. The second kappa shape index (κ2) is 4.94. The van der Waals surface area contributed by atoms with Gasteiger partial charge in [-0.05, 0) is 31.7 Å². The first-order chi connectivity index (χ1) is 9.63. The number of hydrogen-bond acceptors (Lipinski definition) is 4. The minimum Gasteiger partial charge on any atom is -0.380 e. The van der Waals surface area contributed by atoms with Gasteiger partial charge in [-0.3, -0.25) is 0 Å². The molecule has 1 saturated carbocycles. The molecule has 4 nitrogen and oxygen atoms in total. The Balaban J connectivity index is 1.97. The molecule has 1 aliphatic carbocycles. The molecule has 0 amide bonds. The van der Waals surface area contributed by atoms with Gasteiger partial charge in [0.1, 0.15) is 5.76 Å². The van der Waals surface area contributed by atoms with Crippen LogP contribution in [0.25, 0.3) is 11.1 Å². The van der Waals surface area contributed by atoms with Crippen molar-refractivity contribution in [1.82, 2.24) is 5.16 Å². The van der Waals surface area contributed by atoms with Crippen molar-refractivity contribution in [3.8, 4) is 11.1 Å². The molecule has 0 radical (unpaired) electrons. The van der Waals surface area contributed by atoms with Crippen LogP contribution in [-0.4, -0.2) is 17.9 Å². The third-order valence-electron chi connectivity index (χ3n) is 4.28. The number of aryl methyl sites for hydroxylation is 1. The number of nitrogen functional groups attached to an aromatic ring is 1. The Bertz CT molecular complexity index is 609.